The van der Waals surface area contributed by atoms with Gasteiger partial charge in [0.05, 0.1) is 50.9 Å². The van der Waals surface area contributed by atoms with Crippen molar-refractivity contribution in [3.63, 3.8) is 0 Å². The van der Waals surface area contributed by atoms with E-state index >= 15 is 0 Å². The topological polar surface area (TPSA) is 70.7 Å². The zero-order chi connectivity index (χ0) is 28.2. The highest BCUT2D eigenvalue weighted by molar-refractivity contribution is 5.61. The lowest BCUT2D eigenvalue weighted by Crippen LogP contribution is -2.48. The molecule has 2 heterocycles. The first-order valence-corrected chi connectivity index (χ1v) is 14.7. The van der Waals surface area contributed by atoms with Crippen molar-refractivity contribution in [3.8, 4) is 5.75 Å². The van der Waals surface area contributed by atoms with Gasteiger partial charge in [-0.2, -0.15) is 0 Å². The molecule has 2 aliphatic rings. The molecule has 0 aromatic heterocycles. The van der Waals surface area contributed by atoms with E-state index in [1.54, 1.807) is 14.2 Å². The van der Waals surface area contributed by atoms with Crippen molar-refractivity contribution in [2.24, 2.45) is 5.92 Å². The Balaban J connectivity index is 1.41. The molecule has 0 bridgehead atoms. The van der Waals surface area contributed by atoms with Gasteiger partial charge in [-0.3, -0.25) is 0 Å². The average molecular weight is 557 g/mol. The lowest BCUT2D eigenvalue weighted by atomic mass is 9.79. The molecule has 2 aromatic carbocycles. The third-order valence-electron chi connectivity index (χ3n) is 7.70. The van der Waals surface area contributed by atoms with E-state index in [0.717, 1.165) is 61.8 Å². The molecule has 8 heteroatoms. The standard InChI is InChI=1S/C32H48N2O6/c1-5-38-24(2)20-37-21-25-7-10-27(11-8-25)32-28(23-36-4)18-33-19-31(32)40-22-26-9-12-30-29(17-26)34(14-16-39-30)13-6-15-35-3/h7-12,17,24,28,31-33H,5-6,13-16,18-23H2,1-4H3/t24?,28-,31-,32-/m0/s1. The number of hydrogen-bond donors (Lipinski definition) is 1. The number of nitrogens with zero attached hydrogens (tertiary/aromatic N) is 1. The van der Waals surface area contributed by atoms with Crippen molar-refractivity contribution in [1.82, 2.24) is 5.32 Å². The molecule has 1 fully saturated rings. The van der Waals surface area contributed by atoms with E-state index in [1.807, 2.05) is 13.8 Å². The van der Waals surface area contributed by atoms with Crippen molar-refractivity contribution in [1.29, 1.82) is 0 Å². The van der Waals surface area contributed by atoms with Crippen LogP contribution in [-0.2, 0) is 36.9 Å². The van der Waals surface area contributed by atoms with Crippen LogP contribution in [0.5, 0.6) is 5.75 Å². The molecule has 0 radical (unpaired) electrons. The Morgan fingerprint density at radius 1 is 1.02 bits per heavy atom. The van der Waals surface area contributed by atoms with Crippen LogP contribution in [0.25, 0.3) is 0 Å². The third kappa shape index (κ3) is 8.65. The number of piperidine rings is 1. The minimum Gasteiger partial charge on any atom is -0.490 e. The molecule has 40 heavy (non-hydrogen) atoms. The highest BCUT2D eigenvalue weighted by Crippen LogP contribution is 2.35. The predicted molar refractivity (Wildman–Crippen MR) is 157 cm³/mol. The zero-order valence-electron chi connectivity index (χ0n) is 24.7. The first kappa shape index (κ1) is 30.8. The van der Waals surface area contributed by atoms with Gasteiger partial charge in [0, 0.05) is 58.9 Å². The van der Waals surface area contributed by atoms with Gasteiger partial charge < -0.3 is 38.6 Å². The van der Waals surface area contributed by atoms with Gasteiger partial charge >= 0.3 is 0 Å². The lowest BCUT2D eigenvalue weighted by molar-refractivity contribution is -0.0193. The first-order valence-electron chi connectivity index (χ1n) is 14.7. The Bertz CT molecular complexity index is 1000. The maximum absolute atomic E-state index is 6.65. The second-order valence-corrected chi connectivity index (χ2v) is 10.8. The molecule has 2 aromatic rings. The van der Waals surface area contributed by atoms with E-state index in [2.05, 4.69) is 52.7 Å². The molecule has 2 aliphatic heterocycles. The van der Waals surface area contributed by atoms with Crippen molar-refractivity contribution >= 4 is 5.69 Å². The van der Waals surface area contributed by atoms with Crippen LogP contribution in [-0.4, -0.2) is 85.6 Å². The molecule has 1 saturated heterocycles. The molecule has 0 aliphatic carbocycles. The number of benzene rings is 2. The van der Waals surface area contributed by atoms with E-state index in [4.69, 9.17) is 28.4 Å². The summed E-state index contributed by atoms with van der Waals surface area (Å²) < 4.78 is 34.9. The Hall–Kier alpha value is -2.20. The second-order valence-electron chi connectivity index (χ2n) is 10.8. The van der Waals surface area contributed by atoms with Crippen LogP contribution in [0.4, 0.5) is 5.69 Å². The molecular formula is C32H48N2O6. The van der Waals surface area contributed by atoms with Crippen LogP contribution in [0.1, 0.15) is 42.9 Å². The van der Waals surface area contributed by atoms with E-state index in [1.165, 1.54) is 5.56 Å². The largest absolute Gasteiger partial charge is 0.490 e. The van der Waals surface area contributed by atoms with Gasteiger partial charge in [0.15, 0.2) is 0 Å². The number of fused-ring (bicyclic) bond motifs is 1. The summed E-state index contributed by atoms with van der Waals surface area (Å²) >= 11 is 0. The normalized spacial score (nSPS) is 21.6. The molecular weight excluding hydrogens is 508 g/mol. The van der Waals surface area contributed by atoms with Crippen LogP contribution in [0, 0.1) is 5.92 Å². The SMILES string of the molecule is CCOC(C)COCc1ccc([C@H]2[C@H](COC)CNC[C@@H]2OCc2ccc3c(c2)N(CCCOC)CCO3)cc1. The molecule has 0 spiro atoms. The maximum atomic E-state index is 6.65. The van der Waals surface area contributed by atoms with E-state index in [0.29, 0.717) is 45.6 Å². The summed E-state index contributed by atoms with van der Waals surface area (Å²) in [7, 11) is 3.53. The second kappa shape index (κ2) is 16.3. The third-order valence-corrected chi connectivity index (χ3v) is 7.70. The van der Waals surface area contributed by atoms with Crippen molar-refractivity contribution in [2.45, 2.75) is 51.6 Å². The fourth-order valence-electron chi connectivity index (χ4n) is 5.75. The highest BCUT2D eigenvalue weighted by Gasteiger charge is 2.35. The van der Waals surface area contributed by atoms with Gasteiger partial charge in [-0.25, -0.2) is 0 Å². The zero-order valence-corrected chi connectivity index (χ0v) is 24.7. The molecule has 4 atom stereocenters. The number of methoxy groups -OCH3 is 2. The summed E-state index contributed by atoms with van der Waals surface area (Å²) in [6, 6.07) is 15.2. The van der Waals surface area contributed by atoms with Crippen molar-refractivity contribution in [3.05, 3.63) is 59.2 Å². The van der Waals surface area contributed by atoms with Gasteiger partial charge in [-0.05, 0) is 49.1 Å². The summed E-state index contributed by atoms with van der Waals surface area (Å²) in [6.07, 6.45) is 1.13. The van der Waals surface area contributed by atoms with Crippen molar-refractivity contribution in [2.75, 3.05) is 78.3 Å². The summed E-state index contributed by atoms with van der Waals surface area (Å²) in [5.74, 6) is 1.51. The van der Waals surface area contributed by atoms with E-state index in [9.17, 15) is 0 Å². The van der Waals surface area contributed by atoms with Crippen LogP contribution in [0.2, 0.25) is 0 Å². The minimum atomic E-state index is 0.0353. The van der Waals surface area contributed by atoms with E-state index < -0.39 is 0 Å². The smallest absolute Gasteiger partial charge is 0.142 e. The highest BCUT2D eigenvalue weighted by atomic mass is 16.5. The Kier molecular flexibility index (Phi) is 12.5. The van der Waals surface area contributed by atoms with Crippen LogP contribution < -0.4 is 15.0 Å². The van der Waals surface area contributed by atoms with Crippen LogP contribution in [0.15, 0.2) is 42.5 Å². The van der Waals surface area contributed by atoms with Crippen LogP contribution in [0.3, 0.4) is 0 Å². The average Bonchev–Trinajstić information content (AvgIpc) is 2.97. The minimum absolute atomic E-state index is 0.0353. The van der Waals surface area contributed by atoms with Gasteiger partial charge in [-0.1, -0.05) is 30.3 Å². The lowest BCUT2D eigenvalue weighted by Gasteiger charge is -2.39. The van der Waals surface area contributed by atoms with Gasteiger partial charge in [0.1, 0.15) is 12.4 Å². The fraction of sp³-hybridized carbons (Fsp3) is 0.625. The molecule has 8 nitrogen and oxygen atoms in total. The van der Waals surface area contributed by atoms with Gasteiger partial charge in [0.2, 0.25) is 0 Å². The summed E-state index contributed by atoms with van der Waals surface area (Å²) in [6.45, 7) is 12.2. The van der Waals surface area contributed by atoms with Gasteiger partial charge in [-0.15, -0.1) is 0 Å². The quantitative estimate of drug-likeness (QED) is 0.305. The summed E-state index contributed by atoms with van der Waals surface area (Å²) in [5.41, 5.74) is 4.74. The monoisotopic (exact) mass is 556 g/mol. The number of ether oxygens (including phenoxy) is 6. The molecule has 0 saturated carbocycles. The van der Waals surface area contributed by atoms with Gasteiger partial charge in [0.25, 0.3) is 0 Å². The fourth-order valence-corrected chi connectivity index (χ4v) is 5.75. The Labute approximate surface area is 240 Å². The number of nitrogens with one attached hydrogen (secondary N) is 1. The number of anilines is 1. The number of hydrogen-bond acceptors (Lipinski definition) is 8. The van der Waals surface area contributed by atoms with E-state index in [-0.39, 0.29) is 18.1 Å². The number of rotatable bonds is 16. The molecule has 1 N–H and O–H groups in total. The maximum Gasteiger partial charge on any atom is 0.142 e. The summed E-state index contributed by atoms with van der Waals surface area (Å²) in [4.78, 5) is 2.39. The first-order chi connectivity index (χ1) is 19.6. The Morgan fingerprint density at radius 3 is 2.62 bits per heavy atom. The molecule has 0 amide bonds. The molecule has 4 rings (SSSR count). The molecule has 222 valence electrons. The van der Waals surface area contributed by atoms with Crippen molar-refractivity contribution < 1.29 is 28.4 Å². The van der Waals surface area contributed by atoms with Crippen LogP contribution >= 0.6 is 0 Å². The Morgan fingerprint density at radius 2 is 1.85 bits per heavy atom. The summed E-state index contributed by atoms with van der Waals surface area (Å²) in [5, 5.41) is 3.57. The molecule has 1 unspecified atom stereocenters. The predicted octanol–water partition coefficient (Wildman–Crippen LogP) is 4.40.